The van der Waals surface area contributed by atoms with Gasteiger partial charge in [-0.25, -0.2) is 4.98 Å². The molecule has 1 fully saturated rings. The Hall–Kier alpha value is -1.95. The Morgan fingerprint density at radius 3 is 2.53 bits per heavy atom. The second-order valence-corrected chi connectivity index (χ2v) is 7.54. The van der Waals surface area contributed by atoms with Gasteiger partial charge in [0.25, 0.3) is 0 Å². The van der Waals surface area contributed by atoms with Crippen LogP contribution in [0.4, 0.5) is 5.13 Å². The number of aryl methyl sites for hydroxylation is 1. The van der Waals surface area contributed by atoms with Crippen molar-refractivity contribution in [3.63, 3.8) is 0 Å². The normalized spacial score (nSPS) is 14.3. The number of aliphatic imine (C=N–C) groups is 1. The minimum absolute atomic E-state index is 0. The first-order chi connectivity index (χ1) is 14.2. The average molecular weight is 543 g/mol. The lowest BCUT2D eigenvalue weighted by Gasteiger charge is -2.36. The van der Waals surface area contributed by atoms with Gasteiger partial charge in [-0.3, -0.25) is 9.79 Å². The first-order valence-corrected chi connectivity index (χ1v) is 10.8. The summed E-state index contributed by atoms with van der Waals surface area (Å²) in [5.41, 5.74) is 1.22. The number of carbonyl (C=O) groups is 1. The number of guanidine groups is 1. The average Bonchev–Trinajstić information content (AvgIpc) is 3.25. The molecule has 2 heterocycles. The topological polar surface area (TPSA) is 85.8 Å². The van der Waals surface area contributed by atoms with E-state index in [9.17, 15) is 4.79 Å². The van der Waals surface area contributed by atoms with Crippen LogP contribution in [0.5, 0.6) is 0 Å². The van der Waals surface area contributed by atoms with Crippen molar-refractivity contribution < 1.29 is 4.79 Å². The highest BCUT2D eigenvalue weighted by atomic mass is 127. The van der Waals surface area contributed by atoms with Crippen molar-refractivity contribution in [1.29, 1.82) is 0 Å². The third-order valence-corrected chi connectivity index (χ3v) is 5.64. The SMILES string of the molecule is CCc1nsc(N2CCN(C(=NC)NCC(=O)NCCc3ccccc3)CC2)n1.I. The molecule has 0 bridgehead atoms. The van der Waals surface area contributed by atoms with Crippen LogP contribution in [-0.2, 0) is 17.6 Å². The predicted octanol–water partition coefficient (Wildman–Crippen LogP) is 1.77. The van der Waals surface area contributed by atoms with Gasteiger partial charge in [0.15, 0.2) is 5.96 Å². The van der Waals surface area contributed by atoms with Crippen molar-refractivity contribution in [2.45, 2.75) is 19.8 Å². The number of carbonyl (C=O) groups excluding carboxylic acids is 1. The lowest BCUT2D eigenvalue weighted by molar-refractivity contribution is -0.120. The Balaban J connectivity index is 0.00000320. The molecular weight excluding hydrogens is 513 g/mol. The molecule has 1 aliphatic rings. The minimum Gasteiger partial charge on any atom is -0.354 e. The molecule has 0 saturated carbocycles. The molecule has 3 rings (SSSR count). The van der Waals surface area contributed by atoms with E-state index in [1.54, 1.807) is 7.05 Å². The highest BCUT2D eigenvalue weighted by Crippen LogP contribution is 2.19. The number of aromatic nitrogens is 2. The second kappa shape index (κ2) is 12.7. The van der Waals surface area contributed by atoms with E-state index in [1.807, 2.05) is 18.2 Å². The van der Waals surface area contributed by atoms with E-state index in [0.29, 0.717) is 6.54 Å². The summed E-state index contributed by atoms with van der Waals surface area (Å²) in [5, 5.41) is 7.12. The summed E-state index contributed by atoms with van der Waals surface area (Å²) in [6.45, 7) is 6.30. The molecule has 2 N–H and O–H groups in total. The number of rotatable bonds is 7. The zero-order valence-electron chi connectivity index (χ0n) is 17.5. The van der Waals surface area contributed by atoms with Gasteiger partial charge in [-0.15, -0.1) is 24.0 Å². The number of hydrogen-bond acceptors (Lipinski definition) is 6. The van der Waals surface area contributed by atoms with Crippen molar-refractivity contribution in [1.82, 2.24) is 24.9 Å². The first kappa shape index (κ1) is 24.3. The Kier molecular flexibility index (Phi) is 10.3. The summed E-state index contributed by atoms with van der Waals surface area (Å²) >= 11 is 1.46. The van der Waals surface area contributed by atoms with Gasteiger partial charge < -0.3 is 20.4 Å². The van der Waals surface area contributed by atoms with Crippen LogP contribution in [-0.4, -0.2) is 72.4 Å². The Morgan fingerprint density at radius 2 is 1.90 bits per heavy atom. The molecule has 0 unspecified atom stereocenters. The van der Waals surface area contributed by atoms with Gasteiger partial charge in [0.1, 0.15) is 5.82 Å². The monoisotopic (exact) mass is 543 g/mol. The van der Waals surface area contributed by atoms with E-state index in [1.165, 1.54) is 17.1 Å². The van der Waals surface area contributed by atoms with Crippen LogP contribution >= 0.6 is 35.5 Å². The van der Waals surface area contributed by atoms with E-state index in [0.717, 1.165) is 55.9 Å². The maximum absolute atomic E-state index is 12.1. The molecule has 2 aromatic rings. The highest BCUT2D eigenvalue weighted by Gasteiger charge is 2.22. The number of halogens is 1. The number of nitrogens with zero attached hydrogens (tertiary/aromatic N) is 5. The van der Waals surface area contributed by atoms with Crippen molar-refractivity contribution in [3.8, 4) is 0 Å². The maximum Gasteiger partial charge on any atom is 0.239 e. The minimum atomic E-state index is -0.0262. The largest absolute Gasteiger partial charge is 0.354 e. The summed E-state index contributed by atoms with van der Waals surface area (Å²) < 4.78 is 4.37. The number of piperazine rings is 1. The molecule has 0 radical (unpaired) electrons. The highest BCUT2D eigenvalue weighted by molar-refractivity contribution is 14.0. The summed E-state index contributed by atoms with van der Waals surface area (Å²) in [6.07, 6.45) is 1.69. The van der Waals surface area contributed by atoms with Gasteiger partial charge in [0.2, 0.25) is 11.0 Å². The molecule has 1 aromatic heterocycles. The zero-order valence-corrected chi connectivity index (χ0v) is 20.7. The van der Waals surface area contributed by atoms with Crippen molar-refractivity contribution in [2.24, 2.45) is 4.99 Å². The van der Waals surface area contributed by atoms with E-state index >= 15 is 0 Å². The summed E-state index contributed by atoms with van der Waals surface area (Å²) in [4.78, 5) is 25.5. The van der Waals surface area contributed by atoms with Gasteiger partial charge in [-0.1, -0.05) is 37.3 Å². The molecule has 0 atom stereocenters. The van der Waals surface area contributed by atoms with Gasteiger partial charge in [0.05, 0.1) is 6.54 Å². The maximum atomic E-state index is 12.1. The van der Waals surface area contributed by atoms with Gasteiger partial charge in [0, 0.05) is 57.7 Å². The lowest BCUT2D eigenvalue weighted by Crippen LogP contribution is -2.53. The molecule has 1 amide bonds. The predicted molar refractivity (Wildman–Crippen MR) is 133 cm³/mol. The van der Waals surface area contributed by atoms with Crippen LogP contribution in [0.2, 0.25) is 0 Å². The molecule has 0 aliphatic carbocycles. The van der Waals surface area contributed by atoms with Crippen LogP contribution in [0.3, 0.4) is 0 Å². The fourth-order valence-corrected chi connectivity index (χ4v) is 3.97. The van der Waals surface area contributed by atoms with Crippen molar-refractivity contribution >= 4 is 52.5 Å². The van der Waals surface area contributed by atoms with Crippen LogP contribution < -0.4 is 15.5 Å². The van der Waals surface area contributed by atoms with Crippen LogP contribution in [0.15, 0.2) is 35.3 Å². The van der Waals surface area contributed by atoms with E-state index < -0.39 is 0 Å². The van der Waals surface area contributed by atoms with Crippen molar-refractivity contribution in [2.75, 3.05) is 51.2 Å². The molecule has 1 aromatic carbocycles. The number of amides is 1. The number of benzene rings is 1. The summed E-state index contributed by atoms with van der Waals surface area (Å²) in [5.74, 6) is 1.64. The third-order valence-electron chi connectivity index (χ3n) is 4.82. The van der Waals surface area contributed by atoms with Gasteiger partial charge in [-0.2, -0.15) is 4.37 Å². The van der Waals surface area contributed by atoms with Gasteiger partial charge >= 0.3 is 0 Å². The van der Waals surface area contributed by atoms with E-state index in [2.05, 4.69) is 53.8 Å². The molecule has 1 saturated heterocycles. The van der Waals surface area contributed by atoms with Gasteiger partial charge in [-0.05, 0) is 12.0 Å². The molecule has 0 spiro atoms. The zero-order chi connectivity index (χ0) is 20.5. The van der Waals surface area contributed by atoms with Crippen LogP contribution in [0, 0.1) is 0 Å². The quantitative estimate of drug-likeness (QED) is 0.315. The molecule has 1 aliphatic heterocycles. The third kappa shape index (κ3) is 7.08. The number of anilines is 1. The lowest BCUT2D eigenvalue weighted by atomic mass is 10.1. The first-order valence-electron chi connectivity index (χ1n) is 10.0. The Labute approximate surface area is 199 Å². The fourth-order valence-electron chi connectivity index (χ4n) is 3.17. The molecule has 8 nitrogen and oxygen atoms in total. The molecule has 164 valence electrons. The van der Waals surface area contributed by atoms with E-state index in [4.69, 9.17) is 0 Å². The standard InChI is InChI=1S/C20H29N7OS.HI/c1-3-17-24-20(29-25-17)27-13-11-26(12-14-27)19(21-2)23-15-18(28)22-10-9-16-7-5-4-6-8-16;/h4-8H,3,9-15H2,1-2H3,(H,21,23)(H,22,28);1H. The molecule has 10 heteroatoms. The van der Waals surface area contributed by atoms with E-state index in [-0.39, 0.29) is 36.4 Å². The molecular formula is C20H30IN7OS. The number of hydrogen-bond donors (Lipinski definition) is 2. The summed E-state index contributed by atoms with van der Waals surface area (Å²) in [7, 11) is 1.75. The smallest absolute Gasteiger partial charge is 0.239 e. The Bertz CT molecular complexity index is 806. The summed E-state index contributed by atoms with van der Waals surface area (Å²) in [6, 6.07) is 10.1. The molecule has 30 heavy (non-hydrogen) atoms. The Morgan fingerprint density at radius 1 is 1.17 bits per heavy atom. The van der Waals surface area contributed by atoms with Crippen LogP contribution in [0.25, 0.3) is 0 Å². The number of nitrogens with one attached hydrogen (secondary N) is 2. The second-order valence-electron chi connectivity index (χ2n) is 6.81. The fraction of sp³-hybridized carbons (Fsp3) is 0.500. The van der Waals surface area contributed by atoms with Crippen LogP contribution in [0.1, 0.15) is 18.3 Å². The van der Waals surface area contributed by atoms with Crippen molar-refractivity contribution in [3.05, 3.63) is 41.7 Å².